The van der Waals surface area contributed by atoms with Crippen LogP contribution in [0.2, 0.25) is 0 Å². The number of hydrogen-bond donors (Lipinski definition) is 0. The van der Waals surface area contributed by atoms with Gasteiger partial charge in [0.1, 0.15) is 5.75 Å². The van der Waals surface area contributed by atoms with Gasteiger partial charge in [0.2, 0.25) is 5.95 Å². The molecule has 0 bridgehead atoms. The Kier molecular flexibility index (Phi) is 4.82. The number of nitrogens with zero attached hydrogens (tertiary/aromatic N) is 5. The third kappa shape index (κ3) is 3.53. The Bertz CT molecular complexity index is 900. The molecule has 27 heavy (non-hydrogen) atoms. The van der Waals surface area contributed by atoms with Crippen LogP contribution in [-0.4, -0.2) is 46.2 Å². The van der Waals surface area contributed by atoms with Crippen molar-refractivity contribution in [3.8, 4) is 11.4 Å². The molecule has 0 spiro atoms. The van der Waals surface area contributed by atoms with E-state index in [1.165, 1.54) is 0 Å². The Hall–Kier alpha value is -3.22. The molecule has 2 aromatic carbocycles. The number of tetrazole rings is 1. The molecule has 0 unspecified atom stereocenters. The molecule has 0 aliphatic carbocycles. The summed E-state index contributed by atoms with van der Waals surface area (Å²) in [7, 11) is 1.62. The molecular formula is C20H21N5O2. The quantitative estimate of drug-likeness (QED) is 0.649. The number of carbonyl (C=O) groups is 1. The van der Waals surface area contributed by atoms with Crippen LogP contribution < -0.4 is 9.64 Å². The second kappa shape index (κ2) is 7.57. The van der Waals surface area contributed by atoms with Gasteiger partial charge in [0.15, 0.2) is 5.78 Å². The minimum absolute atomic E-state index is 0.0238. The zero-order valence-corrected chi connectivity index (χ0v) is 15.2. The van der Waals surface area contributed by atoms with Gasteiger partial charge in [-0.15, -0.1) is 0 Å². The fraction of sp³-hybridized carbons (Fsp3) is 0.300. The molecule has 138 valence electrons. The number of methoxy groups -OCH3 is 1. The van der Waals surface area contributed by atoms with Gasteiger partial charge in [0.25, 0.3) is 0 Å². The van der Waals surface area contributed by atoms with Crippen molar-refractivity contribution in [2.75, 3.05) is 25.1 Å². The van der Waals surface area contributed by atoms with Crippen LogP contribution in [0.3, 0.4) is 0 Å². The Morgan fingerprint density at radius 1 is 1.04 bits per heavy atom. The molecule has 7 nitrogen and oxygen atoms in total. The van der Waals surface area contributed by atoms with Gasteiger partial charge in [-0.05, 0) is 59.7 Å². The lowest BCUT2D eigenvalue weighted by Gasteiger charge is -2.31. The molecule has 0 radical (unpaired) electrons. The summed E-state index contributed by atoms with van der Waals surface area (Å²) in [5.41, 5.74) is 1.66. The molecule has 1 aromatic heterocycles. The van der Waals surface area contributed by atoms with Crippen molar-refractivity contribution in [3.63, 3.8) is 0 Å². The first-order valence-corrected chi connectivity index (χ1v) is 9.03. The molecule has 0 saturated carbocycles. The molecule has 4 rings (SSSR count). The number of rotatable bonds is 5. The first-order valence-electron chi connectivity index (χ1n) is 9.03. The van der Waals surface area contributed by atoms with Crippen molar-refractivity contribution in [3.05, 3.63) is 60.2 Å². The van der Waals surface area contributed by atoms with E-state index in [1.54, 1.807) is 11.8 Å². The first kappa shape index (κ1) is 17.2. The van der Waals surface area contributed by atoms with E-state index in [-0.39, 0.29) is 11.7 Å². The van der Waals surface area contributed by atoms with Crippen molar-refractivity contribution in [1.29, 1.82) is 0 Å². The lowest BCUT2D eigenvalue weighted by atomic mass is 9.89. The Morgan fingerprint density at radius 2 is 1.74 bits per heavy atom. The van der Waals surface area contributed by atoms with Crippen molar-refractivity contribution in [2.24, 2.45) is 5.92 Å². The third-order valence-electron chi connectivity index (χ3n) is 4.98. The second-order valence-corrected chi connectivity index (χ2v) is 6.58. The average Bonchev–Trinajstić information content (AvgIpc) is 3.24. The molecule has 1 aliphatic rings. The number of carbonyl (C=O) groups excluding carboxylic acids is 1. The van der Waals surface area contributed by atoms with Crippen LogP contribution in [0.15, 0.2) is 54.6 Å². The van der Waals surface area contributed by atoms with Gasteiger partial charge in [0.05, 0.1) is 12.8 Å². The second-order valence-electron chi connectivity index (χ2n) is 6.58. The van der Waals surface area contributed by atoms with Crippen LogP contribution in [0.4, 0.5) is 5.95 Å². The smallest absolute Gasteiger partial charge is 0.250 e. The highest BCUT2D eigenvalue weighted by Gasteiger charge is 2.28. The van der Waals surface area contributed by atoms with E-state index in [0.29, 0.717) is 0 Å². The van der Waals surface area contributed by atoms with E-state index in [4.69, 9.17) is 4.74 Å². The normalized spacial score (nSPS) is 14.9. The Morgan fingerprint density at radius 3 is 2.41 bits per heavy atom. The Labute approximate surface area is 157 Å². The molecule has 0 amide bonds. The number of hydrogen-bond acceptors (Lipinski definition) is 6. The van der Waals surface area contributed by atoms with Crippen LogP contribution in [-0.2, 0) is 0 Å². The number of ether oxygens (including phenoxy) is 1. The highest BCUT2D eigenvalue weighted by Crippen LogP contribution is 2.26. The summed E-state index contributed by atoms with van der Waals surface area (Å²) in [4.78, 5) is 14.9. The maximum atomic E-state index is 12.8. The zero-order valence-electron chi connectivity index (χ0n) is 15.2. The van der Waals surface area contributed by atoms with E-state index in [1.807, 2.05) is 54.6 Å². The SMILES string of the molecule is COc1ccc(C(=O)C2CCN(c3nnnn3-c3ccccc3)CC2)cc1. The predicted octanol–water partition coefficient (Wildman–Crippen LogP) is 2.77. The first-order chi connectivity index (χ1) is 13.3. The zero-order chi connectivity index (χ0) is 18.6. The van der Waals surface area contributed by atoms with Crippen LogP contribution >= 0.6 is 0 Å². The van der Waals surface area contributed by atoms with E-state index >= 15 is 0 Å². The molecule has 0 atom stereocenters. The monoisotopic (exact) mass is 363 g/mol. The molecule has 2 heterocycles. The predicted molar refractivity (Wildman–Crippen MR) is 101 cm³/mol. The number of benzene rings is 2. The minimum atomic E-state index is 0.0238. The third-order valence-corrected chi connectivity index (χ3v) is 4.98. The maximum absolute atomic E-state index is 12.8. The Balaban J connectivity index is 1.44. The standard InChI is InChI=1S/C20H21N5O2/c1-27-18-9-7-15(8-10-18)19(26)16-11-13-24(14-12-16)20-21-22-23-25(20)17-5-3-2-4-6-17/h2-10,16H,11-14H2,1H3. The molecule has 7 heteroatoms. The molecular weight excluding hydrogens is 342 g/mol. The van der Waals surface area contributed by atoms with Crippen molar-refractivity contribution >= 4 is 11.7 Å². The number of Topliss-reactive ketones (excluding diaryl/α,β-unsaturated/α-hetero) is 1. The number of anilines is 1. The number of aromatic nitrogens is 4. The van der Waals surface area contributed by atoms with Crippen molar-refractivity contribution in [1.82, 2.24) is 20.2 Å². The van der Waals surface area contributed by atoms with Crippen molar-refractivity contribution < 1.29 is 9.53 Å². The summed E-state index contributed by atoms with van der Waals surface area (Å²) in [6, 6.07) is 17.2. The summed E-state index contributed by atoms with van der Waals surface area (Å²) >= 11 is 0. The number of para-hydroxylation sites is 1. The summed E-state index contributed by atoms with van der Waals surface area (Å²) in [6.45, 7) is 1.50. The summed E-state index contributed by atoms with van der Waals surface area (Å²) in [6.07, 6.45) is 1.57. The van der Waals surface area contributed by atoms with Gasteiger partial charge in [-0.2, -0.15) is 4.68 Å². The van der Waals surface area contributed by atoms with Crippen molar-refractivity contribution in [2.45, 2.75) is 12.8 Å². The molecule has 1 saturated heterocycles. The lowest BCUT2D eigenvalue weighted by molar-refractivity contribution is 0.0900. The summed E-state index contributed by atoms with van der Waals surface area (Å²) in [5, 5.41) is 12.1. The van der Waals surface area contributed by atoms with E-state index in [2.05, 4.69) is 20.4 Å². The van der Waals surface area contributed by atoms with Gasteiger partial charge in [-0.25, -0.2) is 0 Å². The highest BCUT2D eigenvalue weighted by molar-refractivity contribution is 5.98. The molecule has 3 aromatic rings. The van der Waals surface area contributed by atoms with Gasteiger partial charge in [-0.1, -0.05) is 23.3 Å². The van der Waals surface area contributed by atoms with E-state index in [0.717, 1.165) is 48.9 Å². The fourth-order valence-corrected chi connectivity index (χ4v) is 3.45. The van der Waals surface area contributed by atoms with Gasteiger partial charge in [0, 0.05) is 24.6 Å². The highest BCUT2D eigenvalue weighted by atomic mass is 16.5. The van der Waals surface area contributed by atoms with Crippen LogP contribution in [0.1, 0.15) is 23.2 Å². The average molecular weight is 363 g/mol. The van der Waals surface area contributed by atoms with Crippen LogP contribution in [0.25, 0.3) is 5.69 Å². The number of ketones is 1. The lowest BCUT2D eigenvalue weighted by Crippen LogP contribution is -2.37. The van der Waals surface area contributed by atoms with Crippen LogP contribution in [0.5, 0.6) is 5.75 Å². The topological polar surface area (TPSA) is 73.1 Å². The summed E-state index contributed by atoms with van der Waals surface area (Å²) in [5.74, 6) is 1.70. The number of piperidine rings is 1. The largest absolute Gasteiger partial charge is 0.497 e. The van der Waals surface area contributed by atoms with Gasteiger partial charge in [-0.3, -0.25) is 4.79 Å². The van der Waals surface area contributed by atoms with Gasteiger partial charge >= 0.3 is 0 Å². The van der Waals surface area contributed by atoms with Gasteiger partial charge < -0.3 is 9.64 Å². The van der Waals surface area contributed by atoms with E-state index < -0.39 is 0 Å². The molecule has 1 fully saturated rings. The maximum Gasteiger partial charge on any atom is 0.250 e. The van der Waals surface area contributed by atoms with Crippen LogP contribution in [0, 0.1) is 5.92 Å². The fourth-order valence-electron chi connectivity index (χ4n) is 3.45. The van der Waals surface area contributed by atoms with E-state index in [9.17, 15) is 4.79 Å². The molecule has 0 N–H and O–H groups in total. The minimum Gasteiger partial charge on any atom is -0.497 e. The molecule has 1 aliphatic heterocycles. The summed E-state index contributed by atoms with van der Waals surface area (Å²) < 4.78 is 6.90.